The van der Waals surface area contributed by atoms with Gasteiger partial charge in [0.15, 0.2) is 17.1 Å². The molecule has 1 aromatic carbocycles. The molecule has 1 amide bonds. The number of rotatable bonds is 7. The molecule has 7 heteroatoms. The number of hydrogen-bond donors (Lipinski definition) is 1. The molecule has 0 saturated carbocycles. The van der Waals surface area contributed by atoms with Gasteiger partial charge in [-0.25, -0.2) is 9.50 Å². The lowest BCUT2D eigenvalue weighted by Gasteiger charge is -2.13. The van der Waals surface area contributed by atoms with Gasteiger partial charge < -0.3 is 14.8 Å². The maximum atomic E-state index is 12.5. The maximum absolute atomic E-state index is 12.5. The molecule has 0 aliphatic carbocycles. The Hall–Kier alpha value is -3.09. The van der Waals surface area contributed by atoms with Gasteiger partial charge >= 0.3 is 0 Å². The molecule has 2 heterocycles. The summed E-state index contributed by atoms with van der Waals surface area (Å²) >= 11 is 0. The van der Waals surface area contributed by atoms with Crippen LogP contribution < -0.4 is 14.8 Å². The van der Waals surface area contributed by atoms with E-state index in [2.05, 4.69) is 15.4 Å². The molecule has 0 unspecified atom stereocenters. The number of nitrogens with zero attached hydrogens (tertiary/aromatic N) is 3. The average Bonchev–Trinajstić information content (AvgIpc) is 3.00. The Bertz CT molecular complexity index is 1040. The number of aromatic nitrogens is 3. The SMILES string of the molecule is CCOc1ccc(-c2c(C)nn3c(C)c(C(=O)NC(C)C)cnc23)cc1OCC. The third kappa shape index (κ3) is 4.04. The van der Waals surface area contributed by atoms with Crippen LogP contribution in [0, 0.1) is 13.8 Å². The van der Waals surface area contributed by atoms with Crippen LogP contribution in [-0.2, 0) is 0 Å². The van der Waals surface area contributed by atoms with Gasteiger partial charge in [0.05, 0.1) is 30.2 Å². The number of amides is 1. The number of benzene rings is 1. The Balaban J connectivity index is 2.11. The highest BCUT2D eigenvalue weighted by Crippen LogP contribution is 2.35. The predicted molar refractivity (Wildman–Crippen MR) is 113 cm³/mol. The molecular weight excluding hydrogens is 368 g/mol. The highest BCUT2D eigenvalue weighted by Gasteiger charge is 2.20. The monoisotopic (exact) mass is 396 g/mol. The molecule has 154 valence electrons. The third-order valence-electron chi connectivity index (χ3n) is 4.56. The van der Waals surface area contributed by atoms with Crippen molar-refractivity contribution in [1.29, 1.82) is 0 Å². The van der Waals surface area contributed by atoms with E-state index in [9.17, 15) is 4.79 Å². The van der Waals surface area contributed by atoms with Gasteiger partial charge in [-0.3, -0.25) is 4.79 Å². The largest absolute Gasteiger partial charge is 0.490 e. The third-order valence-corrected chi connectivity index (χ3v) is 4.56. The molecule has 1 N–H and O–H groups in total. The molecule has 3 rings (SSSR count). The van der Waals surface area contributed by atoms with E-state index in [-0.39, 0.29) is 11.9 Å². The van der Waals surface area contributed by atoms with Crippen molar-refractivity contribution in [2.75, 3.05) is 13.2 Å². The summed E-state index contributed by atoms with van der Waals surface area (Å²) < 4.78 is 13.2. The van der Waals surface area contributed by atoms with Crippen LogP contribution in [0.15, 0.2) is 24.4 Å². The number of carbonyl (C=O) groups is 1. The van der Waals surface area contributed by atoms with Crippen molar-refractivity contribution in [2.45, 2.75) is 47.6 Å². The molecule has 0 fully saturated rings. The summed E-state index contributed by atoms with van der Waals surface area (Å²) in [4.78, 5) is 17.0. The van der Waals surface area contributed by atoms with E-state index in [1.54, 1.807) is 10.7 Å². The predicted octanol–water partition coefficient (Wildman–Crippen LogP) is 3.95. The normalized spacial score (nSPS) is 11.1. The highest BCUT2D eigenvalue weighted by molar-refractivity contribution is 5.95. The van der Waals surface area contributed by atoms with Gasteiger partial charge in [-0.1, -0.05) is 6.07 Å². The van der Waals surface area contributed by atoms with Crippen molar-refractivity contribution < 1.29 is 14.3 Å². The van der Waals surface area contributed by atoms with Gasteiger partial charge in [0, 0.05) is 17.8 Å². The van der Waals surface area contributed by atoms with Crippen LogP contribution in [0.5, 0.6) is 11.5 Å². The molecular formula is C22H28N4O3. The first-order chi connectivity index (χ1) is 13.9. The Labute approximate surface area is 171 Å². The summed E-state index contributed by atoms with van der Waals surface area (Å²) in [7, 11) is 0. The number of aryl methyl sites for hydroxylation is 2. The Kier molecular flexibility index (Phi) is 6.06. The summed E-state index contributed by atoms with van der Waals surface area (Å²) in [5.74, 6) is 1.25. The first-order valence-corrected chi connectivity index (χ1v) is 9.93. The highest BCUT2D eigenvalue weighted by atomic mass is 16.5. The molecule has 0 aliphatic heterocycles. The zero-order chi connectivity index (χ0) is 21.1. The lowest BCUT2D eigenvalue weighted by molar-refractivity contribution is 0.0941. The summed E-state index contributed by atoms with van der Waals surface area (Å²) in [6, 6.07) is 5.89. The Morgan fingerprint density at radius 2 is 1.83 bits per heavy atom. The lowest BCUT2D eigenvalue weighted by atomic mass is 10.1. The molecule has 3 aromatic rings. The van der Waals surface area contributed by atoms with Crippen LogP contribution in [0.4, 0.5) is 0 Å². The van der Waals surface area contributed by atoms with E-state index in [0.29, 0.717) is 35.9 Å². The smallest absolute Gasteiger partial charge is 0.254 e. The minimum atomic E-state index is -0.152. The van der Waals surface area contributed by atoms with Crippen LogP contribution in [0.1, 0.15) is 49.4 Å². The Morgan fingerprint density at radius 1 is 1.14 bits per heavy atom. The minimum absolute atomic E-state index is 0.0494. The van der Waals surface area contributed by atoms with E-state index < -0.39 is 0 Å². The zero-order valence-corrected chi connectivity index (χ0v) is 17.9. The van der Waals surface area contributed by atoms with Crippen molar-refractivity contribution in [1.82, 2.24) is 19.9 Å². The standard InChI is InChI=1S/C22H28N4O3/c1-7-28-18-10-9-16(11-19(18)29-8-2)20-14(5)25-26-15(6)17(12-23-21(20)26)22(27)24-13(3)4/h9-13H,7-8H2,1-6H3,(H,24,27). The van der Waals surface area contributed by atoms with E-state index in [1.165, 1.54) is 0 Å². The first kappa shape index (κ1) is 20.6. The summed E-state index contributed by atoms with van der Waals surface area (Å²) in [6.07, 6.45) is 1.62. The van der Waals surface area contributed by atoms with Crippen molar-refractivity contribution in [3.63, 3.8) is 0 Å². The maximum Gasteiger partial charge on any atom is 0.254 e. The van der Waals surface area contributed by atoms with Crippen LogP contribution in [0.2, 0.25) is 0 Å². The second kappa shape index (κ2) is 8.51. The van der Waals surface area contributed by atoms with Crippen LogP contribution in [-0.4, -0.2) is 39.8 Å². The molecule has 0 bridgehead atoms. The van der Waals surface area contributed by atoms with Crippen molar-refractivity contribution >= 4 is 11.6 Å². The topological polar surface area (TPSA) is 77.8 Å². The molecule has 0 atom stereocenters. The Morgan fingerprint density at radius 3 is 2.48 bits per heavy atom. The van der Waals surface area contributed by atoms with Crippen LogP contribution >= 0.6 is 0 Å². The molecule has 0 radical (unpaired) electrons. The molecule has 0 aliphatic rings. The zero-order valence-electron chi connectivity index (χ0n) is 17.9. The first-order valence-electron chi connectivity index (χ1n) is 9.93. The van der Waals surface area contributed by atoms with E-state index in [1.807, 2.05) is 59.7 Å². The van der Waals surface area contributed by atoms with Crippen molar-refractivity contribution in [3.05, 3.63) is 41.3 Å². The van der Waals surface area contributed by atoms with E-state index in [0.717, 1.165) is 22.5 Å². The molecule has 29 heavy (non-hydrogen) atoms. The van der Waals surface area contributed by atoms with Crippen LogP contribution in [0.25, 0.3) is 16.8 Å². The summed E-state index contributed by atoms with van der Waals surface area (Å²) in [6.45, 7) is 12.7. The van der Waals surface area contributed by atoms with Gasteiger partial charge in [-0.05, 0) is 59.2 Å². The fourth-order valence-corrected chi connectivity index (χ4v) is 3.31. The number of ether oxygens (including phenoxy) is 2. The lowest BCUT2D eigenvalue weighted by Crippen LogP contribution is -2.31. The van der Waals surface area contributed by atoms with Gasteiger partial charge in [-0.15, -0.1) is 0 Å². The van der Waals surface area contributed by atoms with Crippen LogP contribution in [0.3, 0.4) is 0 Å². The summed E-state index contributed by atoms with van der Waals surface area (Å²) in [5, 5.41) is 7.55. The van der Waals surface area contributed by atoms with Gasteiger partial charge in [0.2, 0.25) is 0 Å². The number of hydrogen-bond acceptors (Lipinski definition) is 5. The van der Waals surface area contributed by atoms with E-state index in [4.69, 9.17) is 9.47 Å². The minimum Gasteiger partial charge on any atom is -0.490 e. The van der Waals surface area contributed by atoms with Gasteiger partial charge in [-0.2, -0.15) is 5.10 Å². The number of nitrogens with one attached hydrogen (secondary N) is 1. The molecule has 0 saturated heterocycles. The molecule has 7 nitrogen and oxygen atoms in total. The second-order valence-corrected chi connectivity index (χ2v) is 7.11. The molecule has 0 spiro atoms. The van der Waals surface area contributed by atoms with Gasteiger partial charge in [0.25, 0.3) is 5.91 Å². The van der Waals surface area contributed by atoms with Crippen molar-refractivity contribution in [2.24, 2.45) is 0 Å². The fourth-order valence-electron chi connectivity index (χ4n) is 3.31. The summed E-state index contributed by atoms with van der Waals surface area (Å²) in [5.41, 5.74) is 4.64. The molecule has 2 aromatic heterocycles. The quantitative estimate of drug-likeness (QED) is 0.654. The van der Waals surface area contributed by atoms with Gasteiger partial charge in [0.1, 0.15) is 0 Å². The van der Waals surface area contributed by atoms with Crippen molar-refractivity contribution in [3.8, 4) is 22.6 Å². The van der Waals surface area contributed by atoms with E-state index >= 15 is 0 Å². The fraction of sp³-hybridized carbons (Fsp3) is 0.409. The average molecular weight is 396 g/mol. The number of fused-ring (bicyclic) bond motifs is 1. The second-order valence-electron chi connectivity index (χ2n) is 7.11. The number of carbonyl (C=O) groups excluding carboxylic acids is 1.